The SMILES string of the molecule is COc1cc(C(=O)NCCOC(F)(F)F)ccc1Nc1ncc(-c2ccc(C#N)c(O[C@@H](C)Cn3cnnn3)c2)cn1. The van der Waals surface area contributed by atoms with E-state index in [1.165, 1.54) is 30.3 Å². The topological polar surface area (TPSA) is 162 Å². The van der Waals surface area contributed by atoms with Gasteiger partial charge in [0.15, 0.2) is 0 Å². The molecule has 0 spiro atoms. The number of carbonyl (C=O) groups excluding carboxylic acids is 1. The van der Waals surface area contributed by atoms with Gasteiger partial charge in [0, 0.05) is 30.1 Å². The average Bonchev–Trinajstić information content (AvgIpc) is 3.48. The molecular formula is C26H24F3N9O4. The molecule has 218 valence electrons. The first-order chi connectivity index (χ1) is 20.1. The number of amides is 1. The Hall–Kier alpha value is -5.30. The minimum absolute atomic E-state index is 0.173. The van der Waals surface area contributed by atoms with Crippen LogP contribution in [0.1, 0.15) is 22.8 Å². The van der Waals surface area contributed by atoms with E-state index in [-0.39, 0.29) is 29.9 Å². The number of nitrogens with one attached hydrogen (secondary N) is 2. The lowest BCUT2D eigenvalue weighted by molar-refractivity contribution is -0.323. The van der Waals surface area contributed by atoms with E-state index in [4.69, 9.17) is 9.47 Å². The van der Waals surface area contributed by atoms with Crippen LogP contribution in [-0.2, 0) is 11.3 Å². The number of carbonyl (C=O) groups is 1. The van der Waals surface area contributed by atoms with E-state index < -0.39 is 18.9 Å². The molecule has 1 atom stereocenters. The molecule has 0 aliphatic rings. The summed E-state index contributed by atoms with van der Waals surface area (Å²) < 4.78 is 52.7. The molecule has 2 aromatic heterocycles. The number of halogens is 3. The number of hydrogen-bond donors (Lipinski definition) is 2. The van der Waals surface area contributed by atoms with Crippen LogP contribution in [0.4, 0.5) is 24.8 Å². The van der Waals surface area contributed by atoms with Crippen molar-refractivity contribution in [2.45, 2.75) is 25.9 Å². The molecule has 2 N–H and O–H groups in total. The van der Waals surface area contributed by atoms with Crippen molar-refractivity contribution in [3.8, 4) is 28.7 Å². The number of ether oxygens (including phenoxy) is 3. The summed E-state index contributed by atoms with van der Waals surface area (Å²) >= 11 is 0. The first-order valence-corrected chi connectivity index (χ1v) is 12.3. The maximum absolute atomic E-state index is 12.3. The quantitative estimate of drug-likeness (QED) is 0.235. The van der Waals surface area contributed by atoms with Crippen molar-refractivity contribution in [2.75, 3.05) is 25.6 Å². The fraction of sp³-hybridized carbons (Fsp3) is 0.269. The predicted octanol–water partition coefficient (Wildman–Crippen LogP) is 3.49. The number of tetrazole rings is 1. The number of hydrogen-bond acceptors (Lipinski definition) is 11. The number of nitriles is 1. The van der Waals surface area contributed by atoms with Crippen molar-refractivity contribution in [3.63, 3.8) is 0 Å². The van der Waals surface area contributed by atoms with E-state index in [9.17, 15) is 23.2 Å². The largest absolute Gasteiger partial charge is 0.522 e. The second-order valence-corrected chi connectivity index (χ2v) is 8.67. The fourth-order valence-corrected chi connectivity index (χ4v) is 3.70. The standard InChI is InChI=1S/C26H24F3N9O4/c1-16(14-38-15-34-36-37-38)42-22-9-17(3-4-19(22)11-30)20-12-32-25(33-13-20)35-21-6-5-18(10-23(21)40-2)24(39)31-7-8-41-26(27,28)29/h3-6,9-10,12-13,15-16H,7-8,14H2,1-2H3,(H,31,39)(H,32,33,35)/t16-/m0/s1. The third-order valence-electron chi connectivity index (χ3n) is 5.61. The van der Waals surface area contributed by atoms with Crippen molar-refractivity contribution in [1.29, 1.82) is 5.26 Å². The van der Waals surface area contributed by atoms with E-state index in [1.807, 2.05) is 6.92 Å². The van der Waals surface area contributed by atoms with Crippen molar-refractivity contribution in [1.82, 2.24) is 35.5 Å². The van der Waals surface area contributed by atoms with Crippen molar-refractivity contribution in [3.05, 3.63) is 66.2 Å². The molecule has 2 aromatic carbocycles. The lowest BCUT2D eigenvalue weighted by Crippen LogP contribution is -2.29. The van der Waals surface area contributed by atoms with Crippen LogP contribution < -0.4 is 20.1 Å². The van der Waals surface area contributed by atoms with Crippen LogP contribution in [0.2, 0.25) is 0 Å². The van der Waals surface area contributed by atoms with E-state index in [1.54, 1.807) is 36.7 Å². The zero-order valence-corrected chi connectivity index (χ0v) is 22.3. The van der Waals surface area contributed by atoms with E-state index in [2.05, 4.69) is 46.9 Å². The molecular weight excluding hydrogens is 559 g/mol. The third-order valence-corrected chi connectivity index (χ3v) is 5.61. The first-order valence-electron chi connectivity index (χ1n) is 12.3. The molecule has 1 amide bonds. The number of methoxy groups -OCH3 is 1. The summed E-state index contributed by atoms with van der Waals surface area (Å²) in [6, 6.07) is 11.7. The van der Waals surface area contributed by atoms with Crippen molar-refractivity contribution < 1.29 is 32.2 Å². The third kappa shape index (κ3) is 8.11. The molecule has 0 aliphatic carbocycles. The Kier molecular flexibility index (Phi) is 9.45. The molecule has 42 heavy (non-hydrogen) atoms. The van der Waals surface area contributed by atoms with E-state index in [0.717, 1.165) is 5.56 Å². The van der Waals surface area contributed by atoms with Crippen molar-refractivity contribution in [2.24, 2.45) is 0 Å². The summed E-state index contributed by atoms with van der Waals surface area (Å²) in [4.78, 5) is 21.0. The predicted molar refractivity (Wildman–Crippen MR) is 141 cm³/mol. The highest BCUT2D eigenvalue weighted by Crippen LogP contribution is 2.30. The molecule has 0 unspecified atom stereocenters. The van der Waals surface area contributed by atoms with Crippen LogP contribution in [-0.4, -0.2) is 68.8 Å². The molecule has 0 aliphatic heterocycles. The Bertz CT molecular complexity index is 1540. The number of rotatable bonds is 12. The molecule has 16 heteroatoms. The minimum Gasteiger partial charge on any atom is -0.495 e. The normalized spacial score (nSPS) is 11.8. The van der Waals surface area contributed by atoms with E-state index >= 15 is 0 Å². The number of benzene rings is 2. The lowest BCUT2D eigenvalue weighted by atomic mass is 10.1. The van der Waals surface area contributed by atoms with E-state index in [0.29, 0.717) is 29.1 Å². The van der Waals surface area contributed by atoms with Crippen molar-refractivity contribution >= 4 is 17.5 Å². The Morgan fingerprint density at radius 1 is 1.12 bits per heavy atom. The van der Waals surface area contributed by atoms with Gasteiger partial charge in [-0.25, -0.2) is 14.6 Å². The zero-order chi connectivity index (χ0) is 30.1. The first kappa shape index (κ1) is 29.7. The Morgan fingerprint density at radius 2 is 1.90 bits per heavy atom. The monoisotopic (exact) mass is 583 g/mol. The molecule has 4 rings (SSSR count). The molecule has 0 saturated carbocycles. The summed E-state index contributed by atoms with van der Waals surface area (Å²) in [5, 5.41) is 25.9. The molecule has 2 heterocycles. The summed E-state index contributed by atoms with van der Waals surface area (Å²) in [5.74, 6) is 0.312. The van der Waals surface area contributed by atoms with Gasteiger partial charge < -0.3 is 20.1 Å². The number of nitrogens with zero attached hydrogens (tertiary/aromatic N) is 7. The molecule has 0 saturated heterocycles. The van der Waals surface area contributed by atoms with Crippen LogP contribution in [0.15, 0.2) is 55.1 Å². The Labute approximate surface area is 237 Å². The Balaban J connectivity index is 1.41. The highest BCUT2D eigenvalue weighted by atomic mass is 19.4. The number of alkyl halides is 3. The second-order valence-electron chi connectivity index (χ2n) is 8.67. The summed E-state index contributed by atoms with van der Waals surface area (Å²) in [5.41, 5.74) is 2.37. The van der Waals surface area contributed by atoms with Gasteiger partial charge in [0.2, 0.25) is 5.95 Å². The van der Waals surface area contributed by atoms with Gasteiger partial charge in [0.25, 0.3) is 5.91 Å². The molecule has 0 bridgehead atoms. The summed E-state index contributed by atoms with van der Waals surface area (Å²) in [7, 11) is 1.40. The molecule has 0 radical (unpaired) electrons. The van der Waals surface area contributed by atoms with Gasteiger partial charge in [-0.05, 0) is 53.2 Å². The van der Waals surface area contributed by atoms with Crippen LogP contribution in [0.5, 0.6) is 11.5 Å². The fourth-order valence-electron chi connectivity index (χ4n) is 3.70. The maximum Gasteiger partial charge on any atom is 0.522 e. The van der Waals surface area contributed by atoms with Gasteiger partial charge in [-0.3, -0.25) is 9.53 Å². The highest BCUT2D eigenvalue weighted by Gasteiger charge is 2.28. The van der Waals surface area contributed by atoms with Gasteiger partial charge >= 0.3 is 6.36 Å². The van der Waals surface area contributed by atoms with Crippen LogP contribution in [0, 0.1) is 11.3 Å². The zero-order valence-electron chi connectivity index (χ0n) is 22.3. The van der Waals surface area contributed by atoms with Gasteiger partial charge in [0.1, 0.15) is 30.0 Å². The lowest BCUT2D eigenvalue weighted by Gasteiger charge is -2.16. The average molecular weight is 584 g/mol. The van der Waals surface area contributed by atoms with Crippen LogP contribution in [0.3, 0.4) is 0 Å². The number of anilines is 2. The second kappa shape index (κ2) is 13.4. The summed E-state index contributed by atoms with van der Waals surface area (Å²) in [6.07, 6.45) is -0.450. The number of aromatic nitrogens is 6. The maximum atomic E-state index is 12.3. The van der Waals surface area contributed by atoms with Gasteiger partial charge in [-0.15, -0.1) is 18.3 Å². The van der Waals surface area contributed by atoms with Crippen LogP contribution >= 0.6 is 0 Å². The minimum atomic E-state index is -4.77. The van der Waals surface area contributed by atoms with Gasteiger partial charge in [-0.2, -0.15) is 5.26 Å². The smallest absolute Gasteiger partial charge is 0.495 e. The van der Waals surface area contributed by atoms with Gasteiger partial charge in [-0.1, -0.05) is 6.07 Å². The Morgan fingerprint density at radius 3 is 2.57 bits per heavy atom. The molecule has 13 nitrogen and oxygen atoms in total. The van der Waals surface area contributed by atoms with Gasteiger partial charge in [0.05, 0.1) is 31.5 Å². The summed E-state index contributed by atoms with van der Waals surface area (Å²) in [6.45, 7) is 1.18. The molecule has 0 fully saturated rings. The highest BCUT2D eigenvalue weighted by molar-refractivity contribution is 5.95. The van der Waals surface area contributed by atoms with Crippen LogP contribution in [0.25, 0.3) is 11.1 Å². The molecule has 4 aromatic rings.